The van der Waals surface area contributed by atoms with Crippen LogP contribution in [-0.2, 0) is 33.8 Å². The predicted octanol–water partition coefficient (Wildman–Crippen LogP) is 12.3. The number of H-pyrrole nitrogens is 2. The van der Waals surface area contributed by atoms with E-state index in [1.54, 1.807) is 62.2 Å². The minimum Gasteiger partial charge on any atom is -0.508 e. The Bertz CT molecular complexity index is 4770. The fourth-order valence-electron chi connectivity index (χ4n) is 10.8. The van der Waals surface area contributed by atoms with Crippen molar-refractivity contribution in [2.24, 2.45) is 0 Å². The van der Waals surface area contributed by atoms with Crippen molar-refractivity contribution in [2.75, 3.05) is 19.8 Å². The molecule has 0 saturated carbocycles. The van der Waals surface area contributed by atoms with Crippen LogP contribution in [0.2, 0.25) is 0 Å². The normalized spacial score (nSPS) is 16.2. The summed E-state index contributed by atoms with van der Waals surface area (Å²) >= 11 is 0. The number of aromatic nitrogens is 5. The van der Waals surface area contributed by atoms with Gasteiger partial charge in [-0.2, -0.15) is 0 Å². The van der Waals surface area contributed by atoms with Crippen molar-refractivity contribution in [1.29, 1.82) is 0 Å². The van der Waals surface area contributed by atoms with Gasteiger partial charge in [-0.3, -0.25) is 23.7 Å². The van der Waals surface area contributed by atoms with Crippen molar-refractivity contribution in [1.82, 2.24) is 23.7 Å². The molecule has 13 aromatic rings. The van der Waals surface area contributed by atoms with Gasteiger partial charge in [0.05, 0.1) is 67.0 Å². The van der Waals surface area contributed by atoms with Crippen LogP contribution < -0.4 is 43.0 Å². The number of aromatic hydroxyl groups is 2. The van der Waals surface area contributed by atoms with E-state index in [0.717, 1.165) is 105 Å². The lowest BCUT2D eigenvalue weighted by Gasteiger charge is -2.23. The maximum Gasteiger partial charge on any atom is 0.420 e. The van der Waals surface area contributed by atoms with Crippen LogP contribution in [0.15, 0.2) is 228 Å². The average Bonchev–Trinajstić information content (AvgIpc) is 1.68. The van der Waals surface area contributed by atoms with E-state index in [-0.39, 0.29) is 41.9 Å². The molecule has 3 atom stereocenters. The summed E-state index contributed by atoms with van der Waals surface area (Å²) in [6.45, 7) is 3.63. The van der Waals surface area contributed by atoms with Crippen LogP contribution >= 0.6 is 0 Å². The van der Waals surface area contributed by atoms with Gasteiger partial charge in [-0.25, -0.2) is 24.0 Å². The topological polar surface area (TPSA) is 293 Å². The number of benzene rings is 8. The molecule has 3 unspecified atom stereocenters. The summed E-state index contributed by atoms with van der Waals surface area (Å²) in [5.41, 5.74) is 8.94. The molecule has 3 aliphatic rings. The zero-order chi connectivity index (χ0) is 64.8. The summed E-state index contributed by atoms with van der Waals surface area (Å²) in [6.07, 6.45) is 8.63. The third kappa shape index (κ3) is 16.4. The van der Waals surface area contributed by atoms with E-state index in [2.05, 4.69) is 14.4 Å². The molecule has 23 heteroatoms. The monoisotopic (exact) mass is 1280 g/mol. The Morgan fingerprint density at radius 3 is 1.06 bits per heavy atom. The van der Waals surface area contributed by atoms with Crippen LogP contribution in [0, 0.1) is 0 Å². The molecule has 3 aliphatic heterocycles. The highest BCUT2D eigenvalue weighted by Gasteiger charge is 2.20. The smallest absolute Gasteiger partial charge is 0.420 e. The van der Waals surface area contributed by atoms with Gasteiger partial charge in [-0.15, -0.1) is 0 Å². The Balaban J connectivity index is 0.000000115. The number of fused-ring (bicyclic) bond motifs is 5. The number of rotatable bonds is 12. The Hall–Kier alpha value is -11.0. The number of ether oxygens (including phenoxy) is 6. The Labute approximate surface area is 534 Å². The van der Waals surface area contributed by atoms with E-state index in [1.165, 1.54) is 18.2 Å². The highest BCUT2D eigenvalue weighted by molar-refractivity contribution is 5.77. The molecule has 4 N–H and O–H groups in total. The standard InChI is InChI=1S/2C19H19NO4.C14H11NO3.C12H13NO4.C7H5NO3/c2*21-19-20(13-14-6-2-1-3-7-14)16-10-9-15(12-17(16)24-19)23-18-8-4-5-11-22-18;16-11-6-7-12-13(8-11)18-14(17)15(12)9-10-4-2-1-3-5-10;14-12-13-9-5-4-8(7-10(9)17-12)16-11-3-1-2-6-15-11;9-4-1-2-5-6(3-4)11-7(10)8-5/h2*1-3,6-7,9-10,12,18H,4-5,8,11,13H2;1-8,16H,9H2;4-5,7,11H,1-3,6H2,(H,13,14);1-3,9H,(H,8,10). The second-order valence-electron chi connectivity index (χ2n) is 22.3. The quantitative estimate of drug-likeness (QED) is 0.0883. The Kier molecular flexibility index (Phi) is 20.1. The van der Waals surface area contributed by atoms with Crippen LogP contribution in [0.5, 0.6) is 28.7 Å². The van der Waals surface area contributed by atoms with E-state index in [4.69, 9.17) is 51.2 Å². The molecular formula is C71H67N5O18. The van der Waals surface area contributed by atoms with Crippen LogP contribution in [0.25, 0.3) is 55.5 Å². The van der Waals surface area contributed by atoms with Gasteiger partial charge < -0.3 is 60.7 Å². The largest absolute Gasteiger partial charge is 0.508 e. The molecule has 3 fully saturated rings. The Morgan fingerprint density at radius 1 is 0.362 bits per heavy atom. The minimum absolute atomic E-state index is 0.0836. The van der Waals surface area contributed by atoms with Crippen molar-refractivity contribution in [2.45, 2.75) is 96.3 Å². The van der Waals surface area contributed by atoms with E-state index in [0.29, 0.717) is 81.3 Å². The lowest BCUT2D eigenvalue weighted by atomic mass is 10.2. The second-order valence-corrected chi connectivity index (χ2v) is 22.3. The second kappa shape index (κ2) is 30.0. The SMILES string of the molecule is O=c1[nH]c2ccc(O)cc2o1.O=c1[nH]c2ccc(OC3CCCCO3)cc2o1.O=c1oc2cc(O)ccc2n1Cc1ccccc1.O=c1oc2cc(OC3CCCCO3)ccc2n1Cc1ccccc1.O=c1oc2cc(OC3CCCCO3)ccc2n1Cc1ccccc1. The Morgan fingerprint density at radius 2 is 0.681 bits per heavy atom. The number of nitrogens with one attached hydrogen (secondary N) is 2. The first-order valence-electron chi connectivity index (χ1n) is 30.9. The van der Waals surface area contributed by atoms with Crippen LogP contribution in [0.1, 0.15) is 74.5 Å². The van der Waals surface area contributed by atoms with Gasteiger partial charge in [-0.1, -0.05) is 91.0 Å². The third-order valence-electron chi connectivity index (χ3n) is 15.5. The summed E-state index contributed by atoms with van der Waals surface area (Å²) in [5.74, 6) is 0.0523. The van der Waals surface area contributed by atoms with E-state index < -0.39 is 17.3 Å². The number of aromatic amines is 2. The summed E-state index contributed by atoms with van der Waals surface area (Å²) in [4.78, 5) is 62.8. The van der Waals surface area contributed by atoms with Gasteiger partial charge in [0.25, 0.3) is 0 Å². The molecule has 94 heavy (non-hydrogen) atoms. The van der Waals surface area contributed by atoms with Crippen LogP contribution in [0.4, 0.5) is 0 Å². The molecule has 8 heterocycles. The first kappa shape index (κ1) is 63.2. The molecular weight excluding hydrogens is 1210 g/mol. The van der Waals surface area contributed by atoms with Gasteiger partial charge in [0.1, 0.15) is 28.7 Å². The van der Waals surface area contributed by atoms with Crippen LogP contribution in [-0.4, -0.2) is 72.6 Å². The lowest BCUT2D eigenvalue weighted by Crippen LogP contribution is -2.24. The average molecular weight is 1280 g/mol. The van der Waals surface area contributed by atoms with Gasteiger partial charge >= 0.3 is 28.8 Å². The number of phenolic OH excluding ortho intramolecular Hbond substituents is 2. The minimum atomic E-state index is -0.509. The van der Waals surface area contributed by atoms with Gasteiger partial charge in [0, 0.05) is 49.6 Å². The van der Waals surface area contributed by atoms with E-state index >= 15 is 0 Å². The maximum absolute atomic E-state index is 12.2. The molecule has 0 aliphatic carbocycles. The number of phenols is 2. The zero-order valence-electron chi connectivity index (χ0n) is 50.9. The summed E-state index contributed by atoms with van der Waals surface area (Å²) in [7, 11) is 0. The van der Waals surface area contributed by atoms with Crippen molar-refractivity contribution in [3.8, 4) is 28.7 Å². The number of oxazole rings is 5. The molecule has 0 amide bonds. The summed E-state index contributed by atoms with van der Waals surface area (Å²) in [6, 6.07) is 54.7. The van der Waals surface area contributed by atoms with Gasteiger partial charge in [0.2, 0.25) is 0 Å². The summed E-state index contributed by atoms with van der Waals surface area (Å²) in [5, 5.41) is 18.3. The van der Waals surface area contributed by atoms with Gasteiger partial charge in [-0.05, 0) is 116 Å². The maximum atomic E-state index is 12.2. The first-order valence-corrected chi connectivity index (χ1v) is 30.9. The van der Waals surface area contributed by atoms with Crippen LogP contribution in [0.3, 0.4) is 0 Å². The molecule has 3 saturated heterocycles. The van der Waals surface area contributed by atoms with Crippen molar-refractivity contribution in [3.63, 3.8) is 0 Å². The van der Waals surface area contributed by atoms with E-state index in [9.17, 15) is 29.1 Å². The molecule has 23 nitrogen and oxygen atoms in total. The molecule has 5 aromatic heterocycles. The predicted molar refractivity (Wildman–Crippen MR) is 348 cm³/mol. The highest BCUT2D eigenvalue weighted by Crippen LogP contribution is 2.28. The number of hydrogen-bond donors (Lipinski definition) is 4. The van der Waals surface area contributed by atoms with Crippen molar-refractivity contribution < 1.29 is 60.7 Å². The molecule has 0 bridgehead atoms. The first-order chi connectivity index (χ1) is 45.9. The number of hydrogen-bond acceptors (Lipinski definition) is 18. The van der Waals surface area contributed by atoms with Crippen molar-refractivity contribution >= 4 is 55.5 Å². The molecule has 0 spiro atoms. The molecule has 484 valence electrons. The fraction of sp³-hybridized carbons (Fsp3) is 0.254. The highest BCUT2D eigenvalue weighted by atomic mass is 16.7. The number of nitrogens with zero attached hydrogens (tertiary/aromatic N) is 3. The molecule has 8 aromatic carbocycles. The lowest BCUT2D eigenvalue weighted by molar-refractivity contribution is -0.106. The molecule has 16 rings (SSSR count). The fourth-order valence-corrected chi connectivity index (χ4v) is 10.8. The van der Waals surface area contributed by atoms with Crippen molar-refractivity contribution in [3.05, 3.63) is 251 Å². The summed E-state index contributed by atoms with van der Waals surface area (Å²) < 4.78 is 64.3. The van der Waals surface area contributed by atoms with Gasteiger partial charge in [0.15, 0.2) is 46.8 Å². The third-order valence-corrected chi connectivity index (χ3v) is 15.5. The zero-order valence-corrected chi connectivity index (χ0v) is 50.9. The molecule has 0 radical (unpaired) electrons. The van der Waals surface area contributed by atoms with E-state index in [1.807, 2.05) is 115 Å².